The summed E-state index contributed by atoms with van der Waals surface area (Å²) in [5, 5.41) is 19.3. The monoisotopic (exact) mass is 291 g/mol. The lowest BCUT2D eigenvalue weighted by atomic mass is 10.2. The van der Waals surface area contributed by atoms with E-state index in [2.05, 4.69) is 45.6 Å². The summed E-state index contributed by atoms with van der Waals surface area (Å²) < 4.78 is 0. The first-order chi connectivity index (χ1) is 10.8. The van der Waals surface area contributed by atoms with Crippen molar-refractivity contribution in [2.75, 3.05) is 31.1 Å². The van der Waals surface area contributed by atoms with Gasteiger partial charge in [0, 0.05) is 18.8 Å². The second-order valence-corrected chi connectivity index (χ2v) is 5.12. The molecule has 0 saturated carbocycles. The number of nitriles is 1. The molecule has 110 valence electrons. The van der Waals surface area contributed by atoms with Crippen molar-refractivity contribution in [2.24, 2.45) is 10.3 Å². The van der Waals surface area contributed by atoms with Crippen LogP contribution in [0.1, 0.15) is 5.56 Å². The van der Waals surface area contributed by atoms with Gasteiger partial charge in [0.2, 0.25) is 0 Å². The average molecular weight is 291 g/mol. The number of nitrogens with zero attached hydrogens (tertiary/aromatic N) is 5. The molecule has 1 saturated heterocycles. The molecule has 22 heavy (non-hydrogen) atoms. The minimum Gasteiger partial charge on any atom is -0.368 e. The predicted molar refractivity (Wildman–Crippen MR) is 85.9 cm³/mol. The standard InChI is InChI=1S/C17H17N5/c18-14-15-6-8-16(9-7-15)19-20-22-12-10-21(11-13-22)17-4-2-1-3-5-17/h1-9H,10-13H2/b20-19+. The van der Waals surface area contributed by atoms with E-state index >= 15 is 0 Å². The minimum atomic E-state index is 0.635. The Labute approximate surface area is 130 Å². The molecular weight excluding hydrogens is 274 g/mol. The van der Waals surface area contributed by atoms with E-state index < -0.39 is 0 Å². The van der Waals surface area contributed by atoms with Gasteiger partial charge >= 0.3 is 0 Å². The highest BCUT2D eigenvalue weighted by Gasteiger charge is 2.15. The molecule has 0 radical (unpaired) electrons. The van der Waals surface area contributed by atoms with Crippen LogP contribution in [0.4, 0.5) is 11.4 Å². The normalized spacial score (nSPS) is 15.0. The van der Waals surface area contributed by atoms with Crippen molar-refractivity contribution in [3.8, 4) is 6.07 Å². The van der Waals surface area contributed by atoms with Crippen LogP contribution in [0.25, 0.3) is 0 Å². The molecule has 5 heteroatoms. The average Bonchev–Trinajstić information content (AvgIpc) is 2.61. The van der Waals surface area contributed by atoms with Gasteiger partial charge in [0.25, 0.3) is 0 Å². The molecule has 0 unspecified atom stereocenters. The Balaban J connectivity index is 1.55. The first kappa shape index (κ1) is 14.1. The molecule has 1 heterocycles. The molecular formula is C17H17N5. The fraction of sp³-hybridized carbons (Fsp3) is 0.235. The maximum Gasteiger partial charge on any atom is 0.0991 e. The van der Waals surface area contributed by atoms with Gasteiger partial charge in [-0.15, -0.1) is 5.11 Å². The van der Waals surface area contributed by atoms with Crippen molar-refractivity contribution in [3.05, 3.63) is 60.2 Å². The van der Waals surface area contributed by atoms with E-state index in [1.54, 1.807) is 12.1 Å². The number of benzene rings is 2. The van der Waals surface area contributed by atoms with E-state index in [0.29, 0.717) is 5.56 Å². The van der Waals surface area contributed by atoms with Crippen molar-refractivity contribution in [2.45, 2.75) is 0 Å². The van der Waals surface area contributed by atoms with Crippen LogP contribution in [0, 0.1) is 11.3 Å². The zero-order valence-corrected chi connectivity index (χ0v) is 12.3. The Kier molecular flexibility index (Phi) is 4.30. The Morgan fingerprint density at radius 3 is 2.18 bits per heavy atom. The Bertz CT molecular complexity index is 664. The summed E-state index contributed by atoms with van der Waals surface area (Å²) in [4.78, 5) is 2.35. The zero-order chi connectivity index (χ0) is 15.2. The third-order valence-electron chi connectivity index (χ3n) is 3.66. The maximum absolute atomic E-state index is 8.76. The third-order valence-corrected chi connectivity index (χ3v) is 3.66. The van der Waals surface area contributed by atoms with Crippen LogP contribution < -0.4 is 4.90 Å². The van der Waals surface area contributed by atoms with E-state index in [1.165, 1.54) is 5.69 Å². The number of rotatable bonds is 3. The number of anilines is 1. The second kappa shape index (κ2) is 6.72. The predicted octanol–water partition coefficient (Wildman–Crippen LogP) is 3.38. The van der Waals surface area contributed by atoms with Gasteiger partial charge in [-0.3, -0.25) is 5.01 Å². The summed E-state index contributed by atoms with van der Waals surface area (Å²) in [6.45, 7) is 3.59. The lowest BCUT2D eigenvalue weighted by molar-refractivity contribution is 0.254. The van der Waals surface area contributed by atoms with Crippen LogP contribution in [-0.4, -0.2) is 31.2 Å². The lowest BCUT2D eigenvalue weighted by Crippen LogP contribution is -2.43. The molecule has 5 nitrogen and oxygen atoms in total. The summed E-state index contributed by atoms with van der Waals surface area (Å²) in [5.74, 6) is 0. The number of piperazine rings is 1. The molecule has 0 atom stereocenters. The van der Waals surface area contributed by atoms with Gasteiger partial charge in [0.1, 0.15) is 0 Å². The largest absolute Gasteiger partial charge is 0.368 e. The van der Waals surface area contributed by atoms with Crippen molar-refractivity contribution >= 4 is 11.4 Å². The van der Waals surface area contributed by atoms with Gasteiger partial charge in [-0.2, -0.15) is 5.26 Å². The summed E-state index contributed by atoms with van der Waals surface area (Å²) in [6.07, 6.45) is 0. The van der Waals surface area contributed by atoms with Crippen LogP contribution in [0.15, 0.2) is 64.9 Å². The van der Waals surface area contributed by atoms with Crippen LogP contribution in [-0.2, 0) is 0 Å². The summed E-state index contributed by atoms with van der Waals surface area (Å²) in [7, 11) is 0. The van der Waals surface area contributed by atoms with Crippen molar-refractivity contribution in [1.29, 1.82) is 5.26 Å². The topological polar surface area (TPSA) is 55.0 Å². The van der Waals surface area contributed by atoms with E-state index in [-0.39, 0.29) is 0 Å². The molecule has 3 rings (SSSR count). The van der Waals surface area contributed by atoms with Gasteiger partial charge in [-0.1, -0.05) is 23.4 Å². The van der Waals surface area contributed by atoms with Crippen LogP contribution >= 0.6 is 0 Å². The maximum atomic E-state index is 8.76. The fourth-order valence-electron chi connectivity index (χ4n) is 2.40. The molecule has 1 aliphatic rings. The summed E-state index contributed by atoms with van der Waals surface area (Å²) in [5.41, 5.74) is 2.66. The van der Waals surface area contributed by atoms with E-state index in [1.807, 2.05) is 23.2 Å². The molecule has 0 spiro atoms. The Hall–Kier alpha value is -2.87. The SMILES string of the molecule is N#Cc1ccc(/N=N/N2CCN(c3ccccc3)CC2)cc1. The van der Waals surface area contributed by atoms with Gasteiger partial charge in [0.15, 0.2) is 0 Å². The Morgan fingerprint density at radius 2 is 1.55 bits per heavy atom. The molecule has 0 N–H and O–H groups in total. The molecule has 1 aliphatic heterocycles. The number of hydrogen-bond acceptors (Lipinski definition) is 4. The highest BCUT2D eigenvalue weighted by atomic mass is 15.6. The summed E-state index contributed by atoms with van der Waals surface area (Å²) in [6, 6.07) is 19.6. The molecule has 0 aliphatic carbocycles. The first-order valence-corrected chi connectivity index (χ1v) is 7.32. The molecule has 0 aromatic heterocycles. The van der Waals surface area contributed by atoms with E-state index in [4.69, 9.17) is 5.26 Å². The van der Waals surface area contributed by atoms with Gasteiger partial charge < -0.3 is 4.90 Å². The molecule has 2 aromatic rings. The van der Waals surface area contributed by atoms with Crippen LogP contribution in [0.2, 0.25) is 0 Å². The zero-order valence-electron chi connectivity index (χ0n) is 12.3. The third kappa shape index (κ3) is 3.41. The van der Waals surface area contributed by atoms with Crippen molar-refractivity contribution in [3.63, 3.8) is 0 Å². The lowest BCUT2D eigenvalue weighted by Gasteiger charge is -2.33. The first-order valence-electron chi connectivity index (χ1n) is 7.32. The summed E-state index contributed by atoms with van der Waals surface area (Å²) >= 11 is 0. The van der Waals surface area contributed by atoms with Gasteiger partial charge in [-0.25, -0.2) is 0 Å². The Morgan fingerprint density at radius 1 is 0.864 bits per heavy atom. The molecule has 0 amide bonds. The second-order valence-electron chi connectivity index (χ2n) is 5.12. The van der Waals surface area contributed by atoms with E-state index in [9.17, 15) is 0 Å². The van der Waals surface area contributed by atoms with Crippen LogP contribution in [0.3, 0.4) is 0 Å². The highest BCUT2D eigenvalue weighted by Crippen LogP contribution is 2.17. The van der Waals surface area contributed by atoms with Crippen molar-refractivity contribution in [1.82, 2.24) is 5.01 Å². The number of para-hydroxylation sites is 1. The number of hydrogen-bond donors (Lipinski definition) is 0. The molecule has 1 fully saturated rings. The molecule has 0 bridgehead atoms. The van der Waals surface area contributed by atoms with Crippen LogP contribution in [0.5, 0.6) is 0 Å². The van der Waals surface area contributed by atoms with Crippen molar-refractivity contribution < 1.29 is 0 Å². The smallest absolute Gasteiger partial charge is 0.0991 e. The quantitative estimate of drug-likeness (QED) is 0.815. The van der Waals surface area contributed by atoms with E-state index in [0.717, 1.165) is 31.9 Å². The van der Waals surface area contributed by atoms with Gasteiger partial charge in [0.05, 0.1) is 30.4 Å². The minimum absolute atomic E-state index is 0.635. The highest BCUT2D eigenvalue weighted by molar-refractivity contribution is 5.46. The fourth-order valence-corrected chi connectivity index (χ4v) is 2.40. The molecule has 2 aromatic carbocycles. The van der Waals surface area contributed by atoms with Gasteiger partial charge in [-0.05, 0) is 36.4 Å².